The van der Waals surface area contributed by atoms with Crippen molar-refractivity contribution < 1.29 is 0 Å². The number of benzene rings is 1. The quantitative estimate of drug-likeness (QED) is 0.729. The SMILES string of the molecule is CCCCN(C(C)CC)C(CCN)c1ccccc1. The highest BCUT2D eigenvalue weighted by Crippen LogP contribution is 2.27. The van der Waals surface area contributed by atoms with E-state index in [1.165, 1.54) is 31.4 Å². The summed E-state index contributed by atoms with van der Waals surface area (Å²) >= 11 is 0. The summed E-state index contributed by atoms with van der Waals surface area (Å²) in [5.74, 6) is 0. The van der Waals surface area contributed by atoms with Crippen molar-refractivity contribution in [2.45, 2.75) is 58.5 Å². The lowest BCUT2D eigenvalue weighted by molar-refractivity contribution is 0.131. The smallest absolute Gasteiger partial charge is 0.0362 e. The van der Waals surface area contributed by atoms with Gasteiger partial charge in [0.05, 0.1) is 0 Å². The molecule has 0 saturated heterocycles. The molecule has 2 heteroatoms. The summed E-state index contributed by atoms with van der Waals surface area (Å²) < 4.78 is 0. The highest BCUT2D eigenvalue weighted by Gasteiger charge is 2.22. The highest BCUT2D eigenvalue weighted by atomic mass is 15.2. The standard InChI is InChI=1S/C17H30N2/c1-4-6-14-19(15(3)5-2)17(12-13-18)16-10-8-7-9-11-16/h7-11,15,17H,4-6,12-14,18H2,1-3H3. The van der Waals surface area contributed by atoms with E-state index >= 15 is 0 Å². The Morgan fingerprint density at radius 1 is 1.16 bits per heavy atom. The van der Waals surface area contributed by atoms with Crippen LogP contribution in [0, 0.1) is 0 Å². The van der Waals surface area contributed by atoms with E-state index < -0.39 is 0 Å². The lowest BCUT2D eigenvalue weighted by Gasteiger charge is -2.36. The van der Waals surface area contributed by atoms with E-state index in [1.54, 1.807) is 0 Å². The van der Waals surface area contributed by atoms with Crippen molar-refractivity contribution >= 4 is 0 Å². The molecule has 0 aliphatic heterocycles. The summed E-state index contributed by atoms with van der Waals surface area (Å²) in [6, 6.07) is 11.9. The van der Waals surface area contributed by atoms with Crippen molar-refractivity contribution in [2.75, 3.05) is 13.1 Å². The van der Waals surface area contributed by atoms with Crippen LogP contribution in [0.15, 0.2) is 30.3 Å². The molecule has 0 radical (unpaired) electrons. The molecule has 0 amide bonds. The zero-order valence-electron chi connectivity index (χ0n) is 12.8. The second-order valence-corrected chi connectivity index (χ2v) is 5.35. The van der Waals surface area contributed by atoms with Crippen molar-refractivity contribution in [3.8, 4) is 0 Å². The Bertz CT molecular complexity index is 323. The molecule has 1 aromatic rings. The largest absolute Gasteiger partial charge is 0.330 e. The van der Waals surface area contributed by atoms with Crippen molar-refractivity contribution in [1.82, 2.24) is 4.90 Å². The van der Waals surface area contributed by atoms with E-state index in [4.69, 9.17) is 5.73 Å². The maximum atomic E-state index is 5.85. The van der Waals surface area contributed by atoms with Crippen LogP contribution >= 0.6 is 0 Å². The van der Waals surface area contributed by atoms with Gasteiger partial charge in [0.1, 0.15) is 0 Å². The van der Waals surface area contributed by atoms with Gasteiger partial charge in [-0.1, -0.05) is 50.6 Å². The first-order chi connectivity index (χ1) is 9.24. The third-order valence-electron chi connectivity index (χ3n) is 3.95. The minimum Gasteiger partial charge on any atom is -0.330 e. The van der Waals surface area contributed by atoms with Gasteiger partial charge in [0.2, 0.25) is 0 Å². The minimum atomic E-state index is 0.465. The zero-order chi connectivity index (χ0) is 14.1. The predicted molar refractivity (Wildman–Crippen MR) is 84.2 cm³/mol. The summed E-state index contributed by atoms with van der Waals surface area (Å²) in [5.41, 5.74) is 7.25. The molecule has 0 aliphatic carbocycles. The van der Waals surface area contributed by atoms with Gasteiger partial charge in [-0.2, -0.15) is 0 Å². The molecule has 2 N–H and O–H groups in total. The molecule has 0 aromatic heterocycles. The van der Waals surface area contributed by atoms with Crippen molar-refractivity contribution in [3.05, 3.63) is 35.9 Å². The van der Waals surface area contributed by atoms with E-state index in [0.29, 0.717) is 12.1 Å². The molecular weight excluding hydrogens is 232 g/mol. The third-order valence-corrected chi connectivity index (χ3v) is 3.95. The Labute approximate surface area is 119 Å². The van der Waals surface area contributed by atoms with Crippen LogP contribution in [0.3, 0.4) is 0 Å². The van der Waals surface area contributed by atoms with E-state index in [9.17, 15) is 0 Å². The molecule has 0 spiro atoms. The Hall–Kier alpha value is -0.860. The molecule has 0 aliphatic rings. The minimum absolute atomic E-state index is 0.465. The molecule has 0 bridgehead atoms. The van der Waals surface area contributed by atoms with Gasteiger partial charge in [-0.05, 0) is 44.8 Å². The van der Waals surface area contributed by atoms with E-state index in [1.807, 2.05) is 0 Å². The number of hydrogen-bond donors (Lipinski definition) is 1. The lowest BCUT2D eigenvalue weighted by Crippen LogP contribution is -2.38. The summed E-state index contributed by atoms with van der Waals surface area (Å²) in [7, 11) is 0. The number of rotatable bonds is 9. The van der Waals surface area contributed by atoms with E-state index in [-0.39, 0.29) is 0 Å². The van der Waals surface area contributed by atoms with Crippen LogP contribution in [0.25, 0.3) is 0 Å². The molecule has 2 nitrogen and oxygen atoms in total. The van der Waals surface area contributed by atoms with Crippen LogP contribution in [-0.4, -0.2) is 24.0 Å². The molecule has 2 atom stereocenters. The normalized spacial score (nSPS) is 14.6. The molecule has 1 aromatic carbocycles. The van der Waals surface area contributed by atoms with Gasteiger partial charge in [0, 0.05) is 12.1 Å². The Kier molecular flexibility index (Phi) is 7.76. The van der Waals surface area contributed by atoms with Crippen molar-refractivity contribution in [2.24, 2.45) is 5.73 Å². The first kappa shape index (κ1) is 16.2. The molecule has 108 valence electrons. The van der Waals surface area contributed by atoms with Gasteiger partial charge >= 0.3 is 0 Å². The summed E-state index contributed by atoms with van der Waals surface area (Å²) in [6.07, 6.45) is 4.74. The van der Waals surface area contributed by atoms with Crippen LogP contribution in [0.1, 0.15) is 58.1 Å². The van der Waals surface area contributed by atoms with Crippen LogP contribution in [-0.2, 0) is 0 Å². The first-order valence-corrected chi connectivity index (χ1v) is 7.75. The maximum Gasteiger partial charge on any atom is 0.0362 e. The molecule has 2 unspecified atom stereocenters. The molecule has 19 heavy (non-hydrogen) atoms. The van der Waals surface area contributed by atoms with Crippen LogP contribution in [0.5, 0.6) is 0 Å². The van der Waals surface area contributed by atoms with E-state index in [0.717, 1.165) is 13.0 Å². The Balaban J connectivity index is 2.90. The number of nitrogens with zero attached hydrogens (tertiary/aromatic N) is 1. The first-order valence-electron chi connectivity index (χ1n) is 7.75. The topological polar surface area (TPSA) is 29.3 Å². The fourth-order valence-corrected chi connectivity index (χ4v) is 2.62. The molecule has 1 rings (SSSR count). The van der Waals surface area contributed by atoms with Gasteiger partial charge in [0.15, 0.2) is 0 Å². The van der Waals surface area contributed by atoms with Crippen molar-refractivity contribution in [1.29, 1.82) is 0 Å². The van der Waals surface area contributed by atoms with Crippen LogP contribution in [0.4, 0.5) is 0 Å². The maximum absolute atomic E-state index is 5.85. The van der Waals surface area contributed by atoms with Crippen LogP contribution < -0.4 is 5.73 Å². The summed E-state index contributed by atoms with van der Waals surface area (Å²) in [4.78, 5) is 2.64. The number of nitrogens with two attached hydrogens (primary N) is 1. The second kappa shape index (κ2) is 9.11. The average Bonchev–Trinajstić information content (AvgIpc) is 2.47. The molecule has 0 heterocycles. The zero-order valence-corrected chi connectivity index (χ0v) is 12.8. The average molecular weight is 262 g/mol. The van der Waals surface area contributed by atoms with Gasteiger partial charge in [0.25, 0.3) is 0 Å². The highest BCUT2D eigenvalue weighted by molar-refractivity contribution is 5.19. The fraction of sp³-hybridized carbons (Fsp3) is 0.647. The second-order valence-electron chi connectivity index (χ2n) is 5.35. The summed E-state index contributed by atoms with van der Waals surface area (Å²) in [5, 5.41) is 0. The molecule has 0 fully saturated rings. The monoisotopic (exact) mass is 262 g/mol. The van der Waals surface area contributed by atoms with Gasteiger partial charge in [-0.15, -0.1) is 0 Å². The van der Waals surface area contributed by atoms with Gasteiger partial charge in [-0.3, -0.25) is 4.90 Å². The molecule has 0 saturated carbocycles. The Morgan fingerprint density at radius 2 is 1.84 bits per heavy atom. The van der Waals surface area contributed by atoms with E-state index in [2.05, 4.69) is 56.0 Å². The third kappa shape index (κ3) is 4.96. The number of hydrogen-bond acceptors (Lipinski definition) is 2. The number of unbranched alkanes of at least 4 members (excludes halogenated alkanes) is 1. The van der Waals surface area contributed by atoms with Crippen LogP contribution in [0.2, 0.25) is 0 Å². The lowest BCUT2D eigenvalue weighted by atomic mass is 9.99. The van der Waals surface area contributed by atoms with Crippen molar-refractivity contribution in [3.63, 3.8) is 0 Å². The van der Waals surface area contributed by atoms with Gasteiger partial charge in [-0.25, -0.2) is 0 Å². The molecular formula is C17H30N2. The Morgan fingerprint density at radius 3 is 2.37 bits per heavy atom. The fourth-order valence-electron chi connectivity index (χ4n) is 2.62. The van der Waals surface area contributed by atoms with Gasteiger partial charge < -0.3 is 5.73 Å². The predicted octanol–water partition coefficient (Wildman–Crippen LogP) is 3.98. The summed E-state index contributed by atoms with van der Waals surface area (Å²) in [6.45, 7) is 8.79.